The van der Waals surface area contributed by atoms with Crippen molar-refractivity contribution in [2.45, 2.75) is 0 Å². The van der Waals surface area contributed by atoms with Crippen LogP contribution in [0.25, 0.3) is 11.2 Å². The Hall–Kier alpha value is -1.69. The Morgan fingerprint density at radius 3 is 2.69 bits per heavy atom. The van der Waals surface area contributed by atoms with Crippen LogP contribution in [0.1, 0.15) is 0 Å². The molecule has 0 radical (unpaired) electrons. The van der Waals surface area contributed by atoms with Crippen molar-refractivity contribution < 1.29 is 0 Å². The Morgan fingerprint density at radius 1 is 1.15 bits per heavy atom. The van der Waals surface area contributed by atoms with Gasteiger partial charge in [-0.15, -0.1) is 0 Å². The van der Waals surface area contributed by atoms with Crippen LogP contribution in [0, 0.1) is 0 Å². The number of nitrogens with two attached hydrogens (primary N) is 2. The quantitative estimate of drug-likeness (QED) is 0.626. The molecule has 0 fully saturated rings. The second-order valence-electron chi connectivity index (χ2n) is 2.33. The van der Waals surface area contributed by atoms with Gasteiger partial charge in [-0.3, -0.25) is 0 Å². The third kappa shape index (κ3) is 1.31. The highest BCUT2D eigenvalue weighted by Crippen LogP contribution is 2.15. The Kier molecular flexibility index (Phi) is 1.63. The summed E-state index contributed by atoms with van der Waals surface area (Å²) in [6.07, 6.45) is 1.37. The van der Waals surface area contributed by atoms with Crippen LogP contribution in [0.15, 0.2) is 6.20 Å². The smallest absolute Gasteiger partial charge is 0.224 e. The van der Waals surface area contributed by atoms with E-state index in [2.05, 4.69) is 19.9 Å². The largest absolute Gasteiger partial charge is 0.382 e. The second kappa shape index (κ2) is 2.67. The van der Waals surface area contributed by atoms with E-state index in [0.29, 0.717) is 11.2 Å². The Balaban J connectivity index is 2.86. The van der Waals surface area contributed by atoms with Gasteiger partial charge in [-0.2, -0.15) is 9.97 Å². The molecule has 2 rings (SSSR count). The van der Waals surface area contributed by atoms with E-state index in [0.717, 1.165) is 0 Å². The maximum Gasteiger partial charge on any atom is 0.224 e. The van der Waals surface area contributed by atoms with Crippen LogP contribution in [0.5, 0.6) is 0 Å². The molecule has 0 spiro atoms. The molecule has 0 aliphatic heterocycles. The first kappa shape index (κ1) is 7.93. The van der Waals surface area contributed by atoms with Crippen LogP contribution in [-0.2, 0) is 0 Å². The third-order valence-electron chi connectivity index (χ3n) is 1.42. The van der Waals surface area contributed by atoms with Crippen molar-refractivity contribution in [1.29, 1.82) is 0 Å². The normalized spacial score (nSPS) is 10.5. The third-order valence-corrected chi connectivity index (χ3v) is 1.60. The van der Waals surface area contributed by atoms with Crippen LogP contribution in [0.2, 0.25) is 5.15 Å². The Labute approximate surface area is 78.0 Å². The first-order chi connectivity index (χ1) is 6.16. The van der Waals surface area contributed by atoms with E-state index in [1.807, 2.05) is 0 Å². The zero-order valence-corrected chi connectivity index (χ0v) is 7.15. The maximum atomic E-state index is 5.61. The molecule has 7 heteroatoms. The van der Waals surface area contributed by atoms with Gasteiger partial charge in [0.25, 0.3) is 0 Å². The summed E-state index contributed by atoms with van der Waals surface area (Å²) in [5, 5.41) is 0.241. The van der Waals surface area contributed by atoms with E-state index >= 15 is 0 Å². The number of anilines is 2. The lowest BCUT2D eigenvalue weighted by Crippen LogP contribution is -2.02. The van der Waals surface area contributed by atoms with E-state index in [-0.39, 0.29) is 16.9 Å². The minimum absolute atomic E-state index is 0.0570. The second-order valence-corrected chi connectivity index (χ2v) is 2.72. The summed E-state index contributed by atoms with van der Waals surface area (Å²) in [7, 11) is 0. The van der Waals surface area contributed by atoms with Gasteiger partial charge >= 0.3 is 0 Å². The number of rotatable bonds is 0. The van der Waals surface area contributed by atoms with Crippen LogP contribution in [0.3, 0.4) is 0 Å². The highest BCUT2D eigenvalue weighted by Gasteiger charge is 2.05. The molecule has 2 aromatic rings. The van der Waals surface area contributed by atoms with Crippen LogP contribution in [0.4, 0.5) is 11.8 Å². The molecule has 0 saturated heterocycles. The monoisotopic (exact) mass is 196 g/mol. The molecule has 66 valence electrons. The molecule has 0 aliphatic carbocycles. The van der Waals surface area contributed by atoms with Crippen LogP contribution in [-0.4, -0.2) is 19.9 Å². The fraction of sp³-hybridized carbons (Fsp3) is 0. The highest BCUT2D eigenvalue weighted by atomic mass is 35.5. The molecule has 0 unspecified atom stereocenters. The number of halogens is 1. The first-order valence-electron chi connectivity index (χ1n) is 3.38. The SMILES string of the molecule is Nc1nc(N)c2ncc(Cl)nc2n1. The zero-order valence-electron chi connectivity index (χ0n) is 6.40. The summed E-state index contributed by atoms with van der Waals surface area (Å²) in [5.41, 5.74) is 11.6. The molecule has 13 heavy (non-hydrogen) atoms. The van der Waals surface area contributed by atoms with Crippen LogP contribution >= 0.6 is 11.6 Å². The molecule has 0 aliphatic rings. The summed E-state index contributed by atoms with van der Waals surface area (Å²) in [5.74, 6) is 0.258. The number of nitrogens with zero attached hydrogens (tertiary/aromatic N) is 4. The van der Waals surface area contributed by atoms with Gasteiger partial charge in [-0.1, -0.05) is 11.6 Å². The lowest BCUT2D eigenvalue weighted by molar-refractivity contribution is 1.17. The predicted octanol–water partition coefficient (Wildman–Crippen LogP) is 0.238. The van der Waals surface area contributed by atoms with Crippen molar-refractivity contribution in [2.24, 2.45) is 0 Å². The summed E-state index contributed by atoms with van der Waals surface area (Å²) in [4.78, 5) is 15.4. The molecule has 4 N–H and O–H groups in total. The van der Waals surface area contributed by atoms with Gasteiger partial charge in [0.2, 0.25) is 5.95 Å². The van der Waals surface area contributed by atoms with Crippen molar-refractivity contribution in [1.82, 2.24) is 19.9 Å². The molecule has 0 aromatic carbocycles. The van der Waals surface area contributed by atoms with E-state index < -0.39 is 0 Å². The number of hydrogen-bond acceptors (Lipinski definition) is 6. The van der Waals surface area contributed by atoms with Crippen molar-refractivity contribution in [3.63, 3.8) is 0 Å². The van der Waals surface area contributed by atoms with Gasteiger partial charge in [0.05, 0.1) is 6.20 Å². The van der Waals surface area contributed by atoms with E-state index in [4.69, 9.17) is 23.1 Å². The molecule has 2 heterocycles. The number of nitrogen functional groups attached to an aromatic ring is 2. The summed E-state index contributed by atoms with van der Waals surface area (Å²) in [6, 6.07) is 0. The summed E-state index contributed by atoms with van der Waals surface area (Å²) >= 11 is 5.61. The van der Waals surface area contributed by atoms with Crippen molar-refractivity contribution >= 4 is 34.5 Å². The van der Waals surface area contributed by atoms with Crippen molar-refractivity contribution in [2.75, 3.05) is 11.5 Å². The lowest BCUT2D eigenvalue weighted by Gasteiger charge is -1.99. The van der Waals surface area contributed by atoms with Crippen LogP contribution < -0.4 is 11.5 Å². The summed E-state index contributed by atoms with van der Waals surface area (Å²) < 4.78 is 0. The van der Waals surface area contributed by atoms with Gasteiger partial charge in [0, 0.05) is 0 Å². The van der Waals surface area contributed by atoms with E-state index in [9.17, 15) is 0 Å². The topological polar surface area (TPSA) is 104 Å². The minimum atomic E-state index is 0.0570. The molecule has 6 nitrogen and oxygen atoms in total. The van der Waals surface area contributed by atoms with Crippen molar-refractivity contribution in [3.8, 4) is 0 Å². The van der Waals surface area contributed by atoms with Crippen molar-refractivity contribution in [3.05, 3.63) is 11.3 Å². The van der Waals surface area contributed by atoms with Gasteiger partial charge in [-0.05, 0) is 0 Å². The van der Waals surface area contributed by atoms with Gasteiger partial charge < -0.3 is 11.5 Å². The van der Waals surface area contributed by atoms with Gasteiger partial charge in [-0.25, -0.2) is 9.97 Å². The number of fused-ring (bicyclic) bond motifs is 1. The molecule has 0 saturated carbocycles. The average Bonchev–Trinajstić information content (AvgIpc) is 2.02. The van der Waals surface area contributed by atoms with Gasteiger partial charge in [0.1, 0.15) is 10.7 Å². The predicted molar refractivity (Wildman–Crippen MR) is 49.0 cm³/mol. The van der Waals surface area contributed by atoms with Gasteiger partial charge in [0.15, 0.2) is 11.5 Å². The fourth-order valence-corrected chi connectivity index (χ4v) is 1.06. The molecular formula is C6H5ClN6. The summed E-state index contributed by atoms with van der Waals surface area (Å²) in [6.45, 7) is 0. The van der Waals surface area contributed by atoms with E-state index in [1.165, 1.54) is 6.20 Å². The number of hydrogen-bond donors (Lipinski definition) is 2. The zero-order chi connectivity index (χ0) is 9.42. The first-order valence-corrected chi connectivity index (χ1v) is 3.76. The molecular weight excluding hydrogens is 192 g/mol. The molecule has 0 bridgehead atoms. The average molecular weight is 197 g/mol. The molecule has 0 atom stereocenters. The lowest BCUT2D eigenvalue weighted by atomic mass is 10.5. The highest BCUT2D eigenvalue weighted by molar-refractivity contribution is 6.29. The standard InChI is InChI=1S/C6H5ClN6/c7-2-1-10-3-4(8)12-6(9)13-5(3)11-2/h1H,(H4,8,9,11,12,13). The minimum Gasteiger partial charge on any atom is -0.382 e. The number of aromatic nitrogens is 4. The Morgan fingerprint density at radius 2 is 1.92 bits per heavy atom. The fourth-order valence-electron chi connectivity index (χ4n) is 0.927. The molecule has 0 amide bonds. The van der Waals surface area contributed by atoms with E-state index in [1.54, 1.807) is 0 Å². The molecule has 2 aromatic heterocycles. The Bertz CT molecular complexity index is 465. The maximum absolute atomic E-state index is 5.61.